The van der Waals surface area contributed by atoms with E-state index in [9.17, 15) is 0 Å². The van der Waals surface area contributed by atoms with Crippen LogP contribution in [0.2, 0.25) is 0 Å². The highest BCUT2D eigenvalue weighted by atomic mass is 15.3. The van der Waals surface area contributed by atoms with Crippen LogP contribution >= 0.6 is 0 Å². The Balaban J connectivity index is 2.19. The maximum atomic E-state index is 5.91. The SMILES string of the molecule is CC(N)c1ccnc(N2CCN(C)CC2C)c1. The third-order valence-electron chi connectivity index (χ3n) is 3.42. The molecule has 2 unspecified atom stereocenters. The lowest BCUT2D eigenvalue weighted by molar-refractivity contribution is 0.274. The van der Waals surface area contributed by atoms with E-state index in [4.69, 9.17) is 5.73 Å². The lowest BCUT2D eigenvalue weighted by Gasteiger charge is -2.39. The number of piperazine rings is 1. The number of aromatic nitrogens is 1. The standard InChI is InChI=1S/C13H22N4/c1-10-9-16(3)6-7-17(10)13-8-12(11(2)14)4-5-15-13/h4-5,8,10-11H,6-7,9,14H2,1-3H3. The number of nitrogens with two attached hydrogens (primary N) is 1. The first-order valence-electron chi connectivity index (χ1n) is 6.24. The molecule has 2 heterocycles. The average Bonchev–Trinajstić information content (AvgIpc) is 2.29. The van der Waals surface area contributed by atoms with Crippen LogP contribution in [0.3, 0.4) is 0 Å². The molecular weight excluding hydrogens is 212 g/mol. The van der Waals surface area contributed by atoms with Gasteiger partial charge >= 0.3 is 0 Å². The molecule has 4 heteroatoms. The summed E-state index contributed by atoms with van der Waals surface area (Å²) in [5, 5.41) is 0. The summed E-state index contributed by atoms with van der Waals surface area (Å²) in [6, 6.07) is 4.69. The second-order valence-electron chi connectivity index (χ2n) is 5.04. The molecule has 2 rings (SSSR count). The molecular formula is C13H22N4. The third kappa shape index (κ3) is 2.76. The molecule has 94 valence electrons. The van der Waals surface area contributed by atoms with Gasteiger partial charge in [0.1, 0.15) is 5.82 Å². The Bertz CT molecular complexity index is 377. The molecule has 4 nitrogen and oxygen atoms in total. The molecule has 2 atom stereocenters. The minimum atomic E-state index is 0.0690. The molecule has 17 heavy (non-hydrogen) atoms. The summed E-state index contributed by atoms with van der Waals surface area (Å²) in [4.78, 5) is 9.20. The zero-order valence-electron chi connectivity index (χ0n) is 10.9. The molecule has 0 spiro atoms. The Morgan fingerprint density at radius 1 is 1.47 bits per heavy atom. The molecule has 0 saturated carbocycles. The van der Waals surface area contributed by atoms with Gasteiger partial charge in [0.15, 0.2) is 0 Å². The predicted octanol–water partition coefficient (Wildman–Crippen LogP) is 1.24. The smallest absolute Gasteiger partial charge is 0.129 e. The Morgan fingerprint density at radius 3 is 2.88 bits per heavy atom. The Kier molecular flexibility index (Phi) is 3.64. The normalized spacial score (nSPS) is 23.8. The summed E-state index contributed by atoms with van der Waals surface area (Å²) >= 11 is 0. The van der Waals surface area contributed by atoms with Crippen molar-refractivity contribution in [3.05, 3.63) is 23.9 Å². The van der Waals surface area contributed by atoms with E-state index < -0.39 is 0 Å². The van der Waals surface area contributed by atoms with Crippen LogP contribution in [0.5, 0.6) is 0 Å². The zero-order chi connectivity index (χ0) is 12.4. The van der Waals surface area contributed by atoms with Crippen LogP contribution in [-0.4, -0.2) is 42.6 Å². The monoisotopic (exact) mass is 234 g/mol. The topological polar surface area (TPSA) is 45.4 Å². The summed E-state index contributed by atoms with van der Waals surface area (Å²) in [6.07, 6.45) is 1.86. The van der Waals surface area contributed by atoms with Gasteiger partial charge in [0.2, 0.25) is 0 Å². The molecule has 0 aliphatic carbocycles. The highest BCUT2D eigenvalue weighted by molar-refractivity contribution is 5.43. The van der Waals surface area contributed by atoms with E-state index in [1.165, 1.54) is 0 Å². The number of pyridine rings is 1. The summed E-state index contributed by atoms with van der Waals surface area (Å²) in [5.41, 5.74) is 7.07. The first kappa shape index (κ1) is 12.3. The lowest BCUT2D eigenvalue weighted by Crippen LogP contribution is -2.50. The molecule has 0 aromatic carbocycles. The van der Waals surface area contributed by atoms with Gasteiger partial charge in [-0.3, -0.25) is 0 Å². The molecule has 1 aromatic heterocycles. The molecule has 1 fully saturated rings. The number of rotatable bonds is 2. The third-order valence-corrected chi connectivity index (χ3v) is 3.42. The number of nitrogens with zero attached hydrogens (tertiary/aromatic N) is 3. The summed E-state index contributed by atoms with van der Waals surface area (Å²) in [6.45, 7) is 7.47. The molecule has 0 bridgehead atoms. The van der Waals surface area contributed by atoms with E-state index in [2.05, 4.69) is 34.8 Å². The van der Waals surface area contributed by atoms with E-state index in [-0.39, 0.29) is 6.04 Å². The van der Waals surface area contributed by atoms with Crippen LogP contribution in [0.25, 0.3) is 0 Å². The van der Waals surface area contributed by atoms with Gasteiger partial charge in [-0.15, -0.1) is 0 Å². The van der Waals surface area contributed by atoms with Crippen LogP contribution in [0.4, 0.5) is 5.82 Å². The molecule has 0 amide bonds. The minimum Gasteiger partial charge on any atom is -0.351 e. The minimum absolute atomic E-state index is 0.0690. The van der Waals surface area contributed by atoms with Crippen molar-refractivity contribution in [2.75, 3.05) is 31.6 Å². The van der Waals surface area contributed by atoms with Crippen molar-refractivity contribution < 1.29 is 0 Å². The quantitative estimate of drug-likeness (QED) is 0.836. The second kappa shape index (κ2) is 5.02. The first-order chi connectivity index (χ1) is 8.08. The van der Waals surface area contributed by atoms with E-state index in [1.54, 1.807) is 0 Å². The summed E-state index contributed by atoms with van der Waals surface area (Å²) < 4.78 is 0. The fourth-order valence-electron chi connectivity index (χ4n) is 2.35. The van der Waals surface area contributed by atoms with Crippen molar-refractivity contribution >= 4 is 5.82 Å². The van der Waals surface area contributed by atoms with Gasteiger partial charge in [-0.05, 0) is 38.6 Å². The van der Waals surface area contributed by atoms with Gasteiger partial charge in [0.25, 0.3) is 0 Å². The summed E-state index contributed by atoms with van der Waals surface area (Å²) in [5.74, 6) is 1.06. The van der Waals surface area contributed by atoms with E-state index in [1.807, 2.05) is 19.2 Å². The average molecular weight is 234 g/mol. The predicted molar refractivity (Wildman–Crippen MR) is 71.1 cm³/mol. The number of hydrogen-bond acceptors (Lipinski definition) is 4. The number of likely N-dealkylation sites (N-methyl/N-ethyl adjacent to an activating group) is 1. The molecule has 0 radical (unpaired) electrons. The Hall–Kier alpha value is -1.13. The maximum Gasteiger partial charge on any atom is 0.129 e. The van der Waals surface area contributed by atoms with Crippen LogP contribution in [-0.2, 0) is 0 Å². The fraction of sp³-hybridized carbons (Fsp3) is 0.615. The lowest BCUT2D eigenvalue weighted by atomic mass is 10.1. The summed E-state index contributed by atoms with van der Waals surface area (Å²) in [7, 11) is 2.17. The van der Waals surface area contributed by atoms with Crippen LogP contribution in [0, 0.1) is 0 Å². The van der Waals surface area contributed by atoms with Crippen LogP contribution in [0.15, 0.2) is 18.3 Å². The van der Waals surface area contributed by atoms with Crippen molar-refractivity contribution in [2.24, 2.45) is 5.73 Å². The number of hydrogen-bond donors (Lipinski definition) is 1. The van der Waals surface area contributed by atoms with Gasteiger partial charge in [0, 0.05) is 37.9 Å². The van der Waals surface area contributed by atoms with Gasteiger partial charge in [-0.25, -0.2) is 4.98 Å². The van der Waals surface area contributed by atoms with Crippen molar-refractivity contribution in [3.63, 3.8) is 0 Å². The highest BCUT2D eigenvalue weighted by Crippen LogP contribution is 2.20. The molecule has 1 saturated heterocycles. The molecule has 2 N–H and O–H groups in total. The van der Waals surface area contributed by atoms with E-state index in [0.717, 1.165) is 31.0 Å². The van der Waals surface area contributed by atoms with E-state index in [0.29, 0.717) is 6.04 Å². The van der Waals surface area contributed by atoms with Gasteiger partial charge in [0.05, 0.1) is 0 Å². The van der Waals surface area contributed by atoms with Crippen molar-refractivity contribution in [2.45, 2.75) is 25.9 Å². The van der Waals surface area contributed by atoms with Gasteiger partial charge < -0.3 is 15.5 Å². The van der Waals surface area contributed by atoms with Crippen molar-refractivity contribution in [1.29, 1.82) is 0 Å². The molecule has 1 aliphatic rings. The van der Waals surface area contributed by atoms with Crippen LogP contribution < -0.4 is 10.6 Å². The van der Waals surface area contributed by atoms with Crippen molar-refractivity contribution in [3.8, 4) is 0 Å². The fourth-order valence-corrected chi connectivity index (χ4v) is 2.35. The highest BCUT2D eigenvalue weighted by Gasteiger charge is 2.22. The van der Waals surface area contributed by atoms with Gasteiger partial charge in [-0.1, -0.05) is 0 Å². The molecule has 1 aliphatic heterocycles. The zero-order valence-corrected chi connectivity index (χ0v) is 10.9. The largest absolute Gasteiger partial charge is 0.351 e. The van der Waals surface area contributed by atoms with Gasteiger partial charge in [-0.2, -0.15) is 0 Å². The maximum absolute atomic E-state index is 5.91. The van der Waals surface area contributed by atoms with E-state index >= 15 is 0 Å². The van der Waals surface area contributed by atoms with Crippen molar-refractivity contribution in [1.82, 2.24) is 9.88 Å². The Morgan fingerprint density at radius 2 is 2.24 bits per heavy atom. The Labute approximate surface area is 103 Å². The number of anilines is 1. The second-order valence-corrected chi connectivity index (χ2v) is 5.04. The van der Waals surface area contributed by atoms with Crippen LogP contribution in [0.1, 0.15) is 25.5 Å². The molecule has 1 aromatic rings. The first-order valence-corrected chi connectivity index (χ1v) is 6.24.